The fourth-order valence-electron chi connectivity index (χ4n) is 7.60. The maximum atomic E-state index is 13.1. The average Bonchev–Trinajstić information content (AvgIpc) is 3.43. The number of hydrogen-bond acceptors (Lipinski definition) is 7. The number of aryl methyl sites for hydroxylation is 3. The van der Waals surface area contributed by atoms with Crippen LogP contribution in [0.25, 0.3) is 10.2 Å². The van der Waals surface area contributed by atoms with Crippen LogP contribution in [0.1, 0.15) is 73.2 Å². The van der Waals surface area contributed by atoms with E-state index in [-0.39, 0.29) is 23.3 Å². The molecule has 0 spiro atoms. The van der Waals surface area contributed by atoms with Crippen LogP contribution in [0.15, 0.2) is 11.1 Å². The van der Waals surface area contributed by atoms with E-state index >= 15 is 0 Å². The molecule has 0 radical (unpaired) electrons. The summed E-state index contributed by atoms with van der Waals surface area (Å²) in [6.07, 6.45) is 14.0. The number of thiophene rings is 1. The SMILES string of the molecule is O=C(CCn1cnc2sc3c(c2c1=O)CCCC3)Nc1nnc(C23CC4CC(CC(C4)C2)C3)s1. The van der Waals surface area contributed by atoms with E-state index in [0.717, 1.165) is 52.2 Å². The molecule has 1 amide bonds. The molecule has 9 heteroatoms. The zero-order valence-corrected chi connectivity index (χ0v) is 20.8. The van der Waals surface area contributed by atoms with Crippen molar-refractivity contribution in [2.24, 2.45) is 17.8 Å². The molecule has 4 fully saturated rings. The minimum absolute atomic E-state index is 0.0165. The Kier molecular flexibility index (Phi) is 4.95. The lowest BCUT2D eigenvalue weighted by Crippen LogP contribution is -2.48. The van der Waals surface area contributed by atoms with Crippen molar-refractivity contribution in [3.63, 3.8) is 0 Å². The summed E-state index contributed by atoms with van der Waals surface area (Å²) in [5, 5.41) is 14.3. The number of amides is 1. The first-order chi connectivity index (χ1) is 16.6. The Morgan fingerprint density at radius 1 is 1.06 bits per heavy atom. The number of rotatable bonds is 5. The summed E-state index contributed by atoms with van der Waals surface area (Å²) in [5.74, 6) is 2.43. The third kappa shape index (κ3) is 3.46. The van der Waals surface area contributed by atoms with Crippen molar-refractivity contribution >= 4 is 43.9 Å². The Bertz CT molecular complexity index is 1300. The van der Waals surface area contributed by atoms with Crippen LogP contribution in [0.2, 0.25) is 0 Å². The van der Waals surface area contributed by atoms with E-state index in [1.54, 1.807) is 33.6 Å². The summed E-state index contributed by atoms with van der Waals surface area (Å²) < 4.78 is 1.59. The predicted octanol–water partition coefficient (Wildman–Crippen LogP) is 4.68. The molecule has 8 rings (SSSR count). The summed E-state index contributed by atoms with van der Waals surface area (Å²) in [5.41, 5.74) is 1.37. The molecule has 3 aromatic heterocycles. The molecule has 34 heavy (non-hydrogen) atoms. The topological polar surface area (TPSA) is 89.8 Å². The molecule has 0 aromatic carbocycles. The number of carbonyl (C=O) groups is 1. The second-order valence-corrected chi connectivity index (χ2v) is 13.1. The van der Waals surface area contributed by atoms with Crippen LogP contribution in [0, 0.1) is 17.8 Å². The van der Waals surface area contributed by atoms with E-state index in [0.29, 0.717) is 11.7 Å². The third-order valence-electron chi connectivity index (χ3n) is 8.68. The molecule has 0 atom stereocenters. The van der Waals surface area contributed by atoms with Gasteiger partial charge in [0.15, 0.2) is 0 Å². The van der Waals surface area contributed by atoms with Crippen LogP contribution in [0.5, 0.6) is 0 Å². The van der Waals surface area contributed by atoms with Gasteiger partial charge in [-0.3, -0.25) is 14.2 Å². The summed E-state index contributed by atoms with van der Waals surface area (Å²) >= 11 is 3.21. The van der Waals surface area contributed by atoms with Crippen molar-refractivity contribution in [3.05, 3.63) is 32.1 Å². The second kappa shape index (κ2) is 7.95. The van der Waals surface area contributed by atoms with Gasteiger partial charge in [-0.05, 0) is 87.5 Å². The number of nitrogens with zero attached hydrogens (tertiary/aromatic N) is 4. The van der Waals surface area contributed by atoms with Gasteiger partial charge >= 0.3 is 0 Å². The average molecular weight is 496 g/mol. The molecule has 178 valence electrons. The Hall–Kier alpha value is -2.13. The summed E-state index contributed by atoms with van der Waals surface area (Å²) in [4.78, 5) is 32.5. The molecular weight excluding hydrogens is 466 g/mol. The van der Waals surface area contributed by atoms with E-state index < -0.39 is 0 Å². The maximum absolute atomic E-state index is 13.1. The normalized spacial score (nSPS) is 29.5. The Balaban J connectivity index is 1.04. The summed E-state index contributed by atoms with van der Waals surface area (Å²) in [6.45, 7) is 0.318. The van der Waals surface area contributed by atoms with Crippen molar-refractivity contribution in [3.8, 4) is 0 Å². The van der Waals surface area contributed by atoms with Crippen molar-refractivity contribution in [2.45, 2.75) is 82.6 Å². The fourth-order valence-corrected chi connectivity index (χ4v) is 9.80. The lowest BCUT2D eigenvalue weighted by atomic mass is 9.50. The molecule has 3 heterocycles. The van der Waals surface area contributed by atoms with Crippen LogP contribution in [-0.4, -0.2) is 25.7 Å². The smallest absolute Gasteiger partial charge is 0.262 e. The first-order valence-electron chi connectivity index (χ1n) is 12.7. The molecule has 3 aromatic rings. The molecule has 0 saturated heterocycles. The number of anilines is 1. The zero-order chi connectivity index (χ0) is 22.9. The molecule has 1 N–H and O–H groups in total. The number of fused-ring (bicyclic) bond motifs is 3. The van der Waals surface area contributed by atoms with E-state index in [9.17, 15) is 9.59 Å². The van der Waals surface area contributed by atoms with Gasteiger partial charge in [0.05, 0.1) is 11.7 Å². The van der Waals surface area contributed by atoms with Gasteiger partial charge in [0, 0.05) is 23.3 Å². The van der Waals surface area contributed by atoms with Gasteiger partial charge in [0.25, 0.3) is 5.56 Å². The first kappa shape index (κ1) is 21.2. The predicted molar refractivity (Wildman–Crippen MR) is 134 cm³/mol. The molecule has 7 nitrogen and oxygen atoms in total. The van der Waals surface area contributed by atoms with Gasteiger partial charge in [-0.1, -0.05) is 11.3 Å². The lowest BCUT2D eigenvalue weighted by Gasteiger charge is -2.55. The molecule has 5 aliphatic carbocycles. The van der Waals surface area contributed by atoms with Crippen LogP contribution >= 0.6 is 22.7 Å². The number of aromatic nitrogens is 4. The second-order valence-electron chi connectivity index (χ2n) is 11.0. The quantitative estimate of drug-likeness (QED) is 0.555. The van der Waals surface area contributed by atoms with Crippen LogP contribution in [-0.2, 0) is 29.6 Å². The maximum Gasteiger partial charge on any atom is 0.262 e. The highest BCUT2D eigenvalue weighted by molar-refractivity contribution is 7.18. The molecular formula is C25H29N5O2S2. The first-order valence-corrected chi connectivity index (χ1v) is 14.3. The Morgan fingerprint density at radius 3 is 2.56 bits per heavy atom. The summed E-state index contributed by atoms with van der Waals surface area (Å²) in [6, 6.07) is 0. The van der Waals surface area contributed by atoms with Gasteiger partial charge < -0.3 is 5.32 Å². The summed E-state index contributed by atoms with van der Waals surface area (Å²) in [7, 11) is 0. The van der Waals surface area contributed by atoms with Crippen molar-refractivity contribution < 1.29 is 4.79 Å². The van der Waals surface area contributed by atoms with Gasteiger partial charge in [-0.25, -0.2) is 4.98 Å². The van der Waals surface area contributed by atoms with Crippen molar-refractivity contribution in [1.29, 1.82) is 0 Å². The molecule has 0 aliphatic heterocycles. The van der Waals surface area contributed by atoms with E-state index in [2.05, 4.69) is 20.5 Å². The van der Waals surface area contributed by atoms with E-state index in [1.165, 1.54) is 55.4 Å². The molecule has 4 saturated carbocycles. The van der Waals surface area contributed by atoms with Gasteiger partial charge in [-0.15, -0.1) is 21.5 Å². The molecule has 0 unspecified atom stereocenters. The van der Waals surface area contributed by atoms with Gasteiger partial charge in [-0.2, -0.15) is 0 Å². The Labute approximate surface area is 206 Å². The van der Waals surface area contributed by atoms with Crippen LogP contribution < -0.4 is 10.9 Å². The highest BCUT2D eigenvalue weighted by Crippen LogP contribution is 2.61. The standard InChI is InChI=1S/C25H29N5O2S2/c31-19(5-6-30-13-26-21-20(22(30)32)17-3-1-2-4-18(17)33-21)27-24-29-28-23(34-24)25-10-14-7-15(11-25)9-16(8-14)12-25/h13-16H,1-12H2,(H,27,29,31). The number of hydrogen-bond donors (Lipinski definition) is 1. The van der Waals surface area contributed by atoms with E-state index in [4.69, 9.17) is 0 Å². The fraction of sp³-hybridized carbons (Fsp3) is 0.640. The minimum atomic E-state index is -0.132. The van der Waals surface area contributed by atoms with Crippen molar-refractivity contribution in [2.75, 3.05) is 5.32 Å². The van der Waals surface area contributed by atoms with Crippen LogP contribution in [0.3, 0.4) is 0 Å². The molecule has 4 bridgehead atoms. The molecule has 5 aliphatic rings. The van der Waals surface area contributed by atoms with Gasteiger partial charge in [0.1, 0.15) is 9.84 Å². The number of carbonyl (C=O) groups excluding carboxylic acids is 1. The minimum Gasteiger partial charge on any atom is -0.300 e. The third-order valence-corrected chi connectivity index (χ3v) is 11.0. The van der Waals surface area contributed by atoms with Crippen molar-refractivity contribution in [1.82, 2.24) is 19.7 Å². The Morgan fingerprint density at radius 2 is 1.79 bits per heavy atom. The van der Waals surface area contributed by atoms with Crippen LogP contribution in [0.4, 0.5) is 5.13 Å². The zero-order valence-electron chi connectivity index (χ0n) is 19.2. The number of nitrogens with one attached hydrogen (secondary N) is 1. The largest absolute Gasteiger partial charge is 0.300 e. The highest BCUT2D eigenvalue weighted by Gasteiger charge is 2.53. The van der Waals surface area contributed by atoms with E-state index in [1.807, 2.05) is 0 Å². The highest BCUT2D eigenvalue weighted by atomic mass is 32.1. The lowest BCUT2D eigenvalue weighted by molar-refractivity contribution is -0.116. The monoisotopic (exact) mass is 495 g/mol. The van der Waals surface area contributed by atoms with Gasteiger partial charge in [0.2, 0.25) is 11.0 Å².